The number of nitrogens with zero attached hydrogens (tertiary/aromatic N) is 3. The van der Waals surface area contributed by atoms with Crippen LogP contribution >= 0.6 is 24.0 Å². The second-order valence-electron chi connectivity index (χ2n) is 7.61. The van der Waals surface area contributed by atoms with Gasteiger partial charge in [0, 0.05) is 32.2 Å². The zero-order chi connectivity index (χ0) is 18.9. The summed E-state index contributed by atoms with van der Waals surface area (Å²) in [5.41, 5.74) is 1.29. The molecule has 5 nitrogen and oxygen atoms in total. The number of aliphatic imine (C=N–C) groups is 1. The number of benzene rings is 1. The summed E-state index contributed by atoms with van der Waals surface area (Å²) in [4.78, 5) is 10.0. The first-order chi connectivity index (χ1) is 13.3. The summed E-state index contributed by atoms with van der Waals surface area (Å²) in [5, 5.41) is 3.49. The molecular formula is C22H37IN4O. The lowest BCUT2D eigenvalue weighted by Gasteiger charge is -2.25. The first kappa shape index (κ1) is 23.3. The smallest absolute Gasteiger partial charge is 0.193 e. The predicted molar refractivity (Wildman–Crippen MR) is 128 cm³/mol. The summed E-state index contributed by atoms with van der Waals surface area (Å²) < 4.78 is 5.74. The van der Waals surface area contributed by atoms with E-state index < -0.39 is 0 Å². The third-order valence-corrected chi connectivity index (χ3v) is 5.49. The van der Waals surface area contributed by atoms with Crippen molar-refractivity contribution in [2.24, 2.45) is 4.99 Å². The van der Waals surface area contributed by atoms with Gasteiger partial charge < -0.3 is 15.0 Å². The molecule has 0 bridgehead atoms. The van der Waals surface area contributed by atoms with Crippen molar-refractivity contribution in [1.29, 1.82) is 0 Å². The summed E-state index contributed by atoms with van der Waals surface area (Å²) >= 11 is 0. The highest BCUT2D eigenvalue weighted by molar-refractivity contribution is 14.0. The molecule has 3 rings (SSSR count). The van der Waals surface area contributed by atoms with E-state index in [2.05, 4.69) is 47.2 Å². The zero-order valence-electron chi connectivity index (χ0n) is 17.5. The second kappa shape index (κ2) is 12.5. The van der Waals surface area contributed by atoms with E-state index in [9.17, 15) is 0 Å². The number of hydrogen-bond acceptors (Lipinski definition) is 3. The summed E-state index contributed by atoms with van der Waals surface area (Å²) in [7, 11) is 0. The summed E-state index contributed by atoms with van der Waals surface area (Å²) in [6.45, 7) is 11.6. The molecule has 0 spiro atoms. The molecule has 1 atom stereocenters. The normalized spacial score (nSPS) is 20.3. The standard InChI is InChI=1S/C22H36N4O.HI/c1-3-16-27-21-9-7-8-19(17-21)10-12-24-22(23-4-2)26-15-11-20(18-26)25-13-5-6-14-25;/h7-9,17,20H,3-6,10-16,18H2,1-2H3,(H,23,24);1H. The van der Waals surface area contributed by atoms with E-state index in [1.54, 1.807) is 0 Å². The van der Waals surface area contributed by atoms with Crippen LogP contribution in [0.3, 0.4) is 0 Å². The lowest BCUT2D eigenvalue weighted by Crippen LogP contribution is -2.42. The van der Waals surface area contributed by atoms with Crippen LogP contribution < -0.4 is 10.1 Å². The SMILES string of the molecule is CCCOc1cccc(CCN=C(NCC)N2CCC(N3CCCC3)C2)c1.I. The predicted octanol–water partition coefficient (Wildman–Crippen LogP) is 3.77. The minimum absolute atomic E-state index is 0. The highest BCUT2D eigenvalue weighted by atomic mass is 127. The zero-order valence-corrected chi connectivity index (χ0v) is 19.9. The highest BCUT2D eigenvalue weighted by Gasteiger charge is 2.30. The van der Waals surface area contributed by atoms with E-state index in [1.807, 2.05) is 6.07 Å². The van der Waals surface area contributed by atoms with Gasteiger partial charge >= 0.3 is 0 Å². The van der Waals surface area contributed by atoms with Gasteiger partial charge in [0.05, 0.1) is 6.61 Å². The van der Waals surface area contributed by atoms with Crippen molar-refractivity contribution in [3.05, 3.63) is 29.8 Å². The lowest BCUT2D eigenvalue weighted by atomic mass is 10.1. The molecule has 1 N–H and O–H groups in total. The van der Waals surface area contributed by atoms with Gasteiger partial charge in [0.15, 0.2) is 5.96 Å². The van der Waals surface area contributed by atoms with Crippen LogP contribution in [0.2, 0.25) is 0 Å². The van der Waals surface area contributed by atoms with Crippen LogP contribution in [-0.4, -0.2) is 67.7 Å². The Bertz CT molecular complexity index is 604. The maximum absolute atomic E-state index is 5.74. The number of nitrogens with one attached hydrogen (secondary N) is 1. The fraction of sp³-hybridized carbons (Fsp3) is 0.682. The van der Waals surface area contributed by atoms with Crippen molar-refractivity contribution < 1.29 is 4.74 Å². The molecule has 2 heterocycles. The van der Waals surface area contributed by atoms with Gasteiger partial charge in [-0.15, -0.1) is 24.0 Å². The molecule has 2 aliphatic heterocycles. The lowest BCUT2D eigenvalue weighted by molar-refractivity contribution is 0.249. The van der Waals surface area contributed by atoms with Crippen LogP contribution in [0.1, 0.15) is 45.1 Å². The van der Waals surface area contributed by atoms with Crippen LogP contribution in [0.4, 0.5) is 0 Å². The summed E-state index contributed by atoms with van der Waals surface area (Å²) in [6, 6.07) is 9.15. The van der Waals surface area contributed by atoms with Crippen LogP contribution in [0.5, 0.6) is 5.75 Å². The van der Waals surface area contributed by atoms with E-state index in [-0.39, 0.29) is 24.0 Å². The highest BCUT2D eigenvalue weighted by Crippen LogP contribution is 2.20. The van der Waals surface area contributed by atoms with E-state index >= 15 is 0 Å². The van der Waals surface area contributed by atoms with Gasteiger partial charge in [-0.2, -0.15) is 0 Å². The Kier molecular flexibility index (Phi) is 10.4. The Morgan fingerprint density at radius 3 is 2.79 bits per heavy atom. The maximum atomic E-state index is 5.74. The first-order valence-electron chi connectivity index (χ1n) is 10.8. The summed E-state index contributed by atoms with van der Waals surface area (Å²) in [6.07, 6.45) is 5.98. The molecule has 2 saturated heterocycles. The molecular weight excluding hydrogens is 463 g/mol. The van der Waals surface area contributed by atoms with E-state index in [0.29, 0.717) is 6.04 Å². The van der Waals surface area contributed by atoms with E-state index in [0.717, 1.165) is 57.3 Å². The number of hydrogen-bond donors (Lipinski definition) is 1. The van der Waals surface area contributed by atoms with Crippen LogP contribution in [0.15, 0.2) is 29.3 Å². The third-order valence-electron chi connectivity index (χ3n) is 5.49. The number of ether oxygens (including phenoxy) is 1. The average Bonchev–Trinajstić information content (AvgIpc) is 3.37. The largest absolute Gasteiger partial charge is 0.494 e. The first-order valence-corrected chi connectivity index (χ1v) is 10.8. The molecule has 2 aliphatic rings. The van der Waals surface area contributed by atoms with Crippen molar-refractivity contribution in [2.45, 2.75) is 52.0 Å². The molecule has 0 saturated carbocycles. The number of guanidine groups is 1. The minimum atomic E-state index is 0. The second-order valence-corrected chi connectivity index (χ2v) is 7.61. The Morgan fingerprint density at radius 1 is 1.21 bits per heavy atom. The van der Waals surface area contributed by atoms with Crippen molar-refractivity contribution in [1.82, 2.24) is 15.1 Å². The molecule has 6 heteroatoms. The molecule has 0 amide bonds. The van der Waals surface area contributed by atoms with Crippen molar-refractivity contribution in [3.8, 4) is 5.75 Å². The van der Waals surface area contributed by atoms with Crippen LogP contribution in [0.25, 0.3) is 0 Å². The Hall–Kier alpha value is -1.02. The Morgan fingerprint density at radius 2 is 2.04 bits per heavy atom. The monoisotopic (exact) mass is 500 g/mol. The Balaban J connectivity index is 0.00000280. The molecule has 1 aromatic rings. The molecule has 0 aliphatic carbocycles. The van der Waals surface area contributed by atoms with Gasteiger partial charge in [-0.1, -0.05) is 19.1 Å². The third kappa shape index (κ3) is 6.79. The number of halogens is 1. The fourth-order valence-corrected chi connectivity index (χ4v) is 4.07. The molecule has 1 aromatic carbocycles. The quantitative estimate of drug-likeness (QED) is 0.335. The van der Waals surface area contributed by atoms with Crippen molar-refractivity contribution in [3.63, 3.8) is 0 Å². The van der Waals surface area contributed by atoms with Gasteiger partial charge in [-0.25, -0.2) is 0 Å². The fourth-order valence-electron chi connectivity index (χ4n) is 4.07. The molecule has 0 radical (unpaired) electrons. The van der Waals surface area contributed by atoms with Crippen LogP contribution in [0, 0.1) is 0 Å². The van der Waals surface area contributed by atoms with Gasteiger partial charge in [-0.3, -0.25) is 9.89 Å². The molecule has 28 heavy (non-hydrogen) atoms. The number of likely N-dealkylation sites (tertiary alicyclic amines) is 2. The van der Waals surface area contributed by atoms with Gasteiger partial charge in [0.25, 0.3) is 0 Å². The molecule has 1 unspecified atom stereocenters. The number of rotatable bonds is 8. The molecule has 0 aromatic heterocycles. The minimum Gasteiger partial charge on any atom is -0.494 e. The van der Waals surface area contributed by atoms with Crippen molar-refractivity contribution >= 4 is 29.9 Å². The maximum Gasteiger partial charge on any atom is 0.193 e. The molecule has 2 fully saturated rings. The average molecular weight is 500 g/mol. The van der Waals surface area contributed by atoms with Crippen LogP contribution in [-0.2, 0) is 6.42 Å². The molecule has 158 valence electrons. The van der Waals surface area contributed by atoms with Gasteiger partial charge in [0.2, 0.25) is 0 Å². The van der Waals surface area contributed by atoms with Crippen molar-refractivity contribution in [2.75, 3.05) is 45.9 Å². The van der Waals surface area contributed by atoms with E-state index in [1.165, 1.54) is 37.9 Å². The van der Waals surface area contributed by atoms with E-state index in [4.69, 9.17) is 9.73 Å². The Labute approximate surface area is 187 Å². The summed E-state index contributed by atoms with van der Waals surface area (Å²) in [5.74, 6) is 2.05. The van der Waals surface area contributed by atoms with Gasteiger partial charge in [0.1, 0.15) is 5.75 Å². The topological polar surface area (TPSA) is 40.1 Å². The van der Waals surface area contributed by atoms with Gasteiger partial charge in [-0.05, 0) is 69.8 Å².